The summed E-state index contributed by atoms with van der Waals surface area (Å²) in [7, 11) is 0. The van der Waals surface area contributed by atoms with E-state index in [0.29, 0.717) is 17.8 Å². The maximum absolute atomic E-state index is 5.75. The fourth-order valence-corrected chi connectivity index (χ4v) is 1.88. The quantitative estimate of drug-likeness (QED) is 0.722. The van der Waals surface area contributed by atoms with E-state index in [1.54, 1.807) is 4.68 Å². The molecular weight excluding hydrogens is 258 g/mol. The second-order valence-corrected chi connectivity index (χ2v) is 4.07. The maximum Gasteiger partial charge on any atom is 0.224 e. The molecule has 3 aromatic rings. The van der Waals surface area contributed by atoms with Crippen LogP contribution in [0.15, 0.2) is 24.3 Å². The van der Waals surface area contributed by atoms with Crippen LogP contribution in [-0.2, 0) is 0 Å². The van der Waals surface area contributed by atoms with E-state index in [1.807, 2.05) is 31.2 Å². The second kappa shape index (κ2) is 4.65. The number of rotatable bonds is 3. The van der Waals surface area contributed by atoms with Gasteiger partial charge in [-0.3, -0.25) is 0 Å². The van der Waals surface area contributed by atoms with Crippen molar-refractivity contribution in [2.45, 2.75) is 6.92 Å². The smallest absolute Gasteiger partial charge is 0.224 e. The van der Waals surface area contributed by atoms with E-state index in [0.717, 1.165) is 11.4 Å². The molecule has 0 amide bonds. The molecule has 8 nitrogen and oxygen atoms in total. The Labute approximate surface area is 114 Å². The second-order valence-electron chi connectivity index (χ2n) is 4.07. The number of hydrogen-bond acceptors (Lipinski definition) is 7. The highest BCUT2D eigenvalue weighted by Gasteiger charge is 2.12. The summed E-state index contributed by atoms with van der Waals surface area (Å²) in [5.74, 6) is 1.09. The summed E-state index contributed by atoms with van der Waals surface area (Å²) in [6.45, 7) is 2.55. The zero-order valence-corrected chi connectivity index (χ0v) is 10.8. The predicted octanol–water partition coefficient (Wildman–Crippen LogP) is 0.774. The van der Waals surface area contributed by atoms with Crippen molar-refractivity contribution in [3.05, 3.63) is 24.3 Å². The number of anilines is 2. The zero-order chi connectivity index (χ0) is 14.1. The highest BCUT2D eigenvalue weighted by atomic mass is 16.5. The van der Waals surface area contributed by atoms with Crippen LogP contribution in [-0.4, -0.2) is 31.6 Å². The highest BCUT2D eigenvalue weighted by Crippen LogP contribution is 2.20. The first kappa shape index (κ1) is 12.2. The minimum Gasteiger partial charge on any atom is -0.494 e. The van der Waals surface area contributed by atoms with Gasteiger partial charge in [-0.05, 0) is 31.2 Å². The average molecular weight is 271 g/mol. The Balaban J connectivity index is 2.10. The van der Waals surface area contributed by atoms with Gasteiger partial charge in [0.05, 0.1) is 12.3 Å². The van der Waals surface area contributed by atoms with E-state index in [-0.39, 0.29) is 11.8 Å². The number of hydrogen-bond donors (Lipinski definition) is 2. The Morgan fingerprint density at radius 2 is 1.90 bits per heavy atom. The van der Waals surface area contributed by atoms with Gasteiger partial charge in [-0.15, -0.1) is 5.10 Å². The fourth-order valence-electron chi connectivity index (χ4n) is 1.88. The van der Waals surface area contributed by atoms with Crippen LogP contribution in [0.5, 0.6) is 5.75 Å². The topological polar surface area (TPSA) is 118 Å². The summed E-state index contributed by atoms with van der Waals surface area (Å²) in [6, 6.07) is 7.40. The maximum atomic E-state index is 5.75. The van der Waals surface area contributed by atoms with Crippen LogP contribution in [0.3, 0.4) is 0 Å². The summed E-state index contributed by atoms with van der Waals surface area (Å²) in [6.07, 6.45) is 0. The van der Waals surface area contributed by atoms with Gasteiger partial charge in [0, 0.05) is 0 Å². The third kappa shape index (κ3) is 1.96. The lowest BCUT2D eigenvalue weighted by Crippen LogP contribution is -2.03. The first-order chi connectivity index (χ1) is 9.69. The van der Waals surface area contributed by atoms with Crippen LogP contribution in [0, 0.1) is 0 Å². The Bertz CT molecular complexity index is 750. The Morgan fingerprint density at radius 1 is 1.15 bits per heavy atom. The van der Waals surface area contributed by atoms with Gasteiger partial charge in [-0.25, -0.2) is 0 Å². The minimum absolute atomic E-state index is 0.0875. The van der Waals surface area contributed by atoms with Crippen molar-refractivity contribution < 1.29 is 4.74 Å². The van der Waals surface area contributed by atoms with Crippen LogP contribution >= 0.6 is 0 Å². The highest BCUT2D eigenvalue weighted by molar-refractivity contribution is 5.82. The summed E-state index contributed by atoms with van der Waals surface area (Å²) in [5.41, 5.74) is 13.0. The number of benzene rings is 1. The molecule has 3 rings (SSSR count). The van der Waals surface area contributed by atoms with Crippen LogP contribution in [0.25, 0.3) is 16.9 Å². The molecule has 102 valence electrons. The number of ether oxygens (including phenoxy) is 1. The molecule has 0 atom stereocenters. The summed E-state index contributed by atoms with van der Waals surface area (Å²) in [5, 5.41) is 8.00. The molecule has 8 heteroatoms. The molecule has 0 aliphatic rings. The van der Waals surface area contributed by atoms with Gasteiger partial charge < -0.3 is 16.2 Å². The van der Waals surface area contributed by atoms with E-state index in [4.69, 9.17) is 16.2 Å². The normalized spacial score (nSPS) is 10.8. The molecule has 2 aromatic heterocycles. The van der Waals surface area contributed by atoms with E-state index in [2.05, 4.69) is 20.3 Å². The van der Waals surface area contributed by atoms with Crippen LogP contribution in [0.4, 0.5) is 11.8 Å². The number of fused-ring (bicyclic) bond motifs is 1. The first-order valence-corrected chi connectivity index (χ1v) is 6.06. The molecule has 0 saturated carbocycles. The average Bonchev–Trinajstić information content (AvgIpc) is 2.84. The SMILES string of the molecule is CCOc1ccc(-n2nnc3c(N)nc(N)nc32)cc1. The van der Waals surface area contributed by atoms with E-state index in [1.165, 1.54) is 0 Å². The lowest BCUT2D eigenvalue weighted by Gasteiger charge is -2.05. The summed E-state index contributed by atoms with van der Waals surface area (Å²) < 4.78 is 6.95. The van der Waals surface area contributed by atoms with Gasteiger partial charge in [0.2, 0.25) is 5.95 Å². The van der Waals surface area contributed by atoms with Gasteiger partial charge in [0.25, 0.3) is 0 Å². The number of nitrogens with zero attached hydrogens (tertiary/aromatic N) is 5. The molecule has 0 aliphatic heterocycles. The Kier molecular flexibility index (Phi) is 2.82. The van der Waals surface area contributed by atoms with E-state index >= 15 is 0 Å². The van der Waals surface area contributed by atoms with Crippen molar-refractivity contribution in [3.63, 3.8) is 0 Å². The van der Waals surface area contributed by atoms with E-state index < -0.39 is 0 Å². The Morgan fingerprint density at radius 3 is 2.60 bits per heavy atom. The van der Waals surface area contributed by atoms with Gasteiger partial charge in [-0.1, -0.05) is 5.21 Å². The molecule has 0 radical (unpaired) electrons. The molecule has 0 fully saturated rings. The van der Waals surface area contributed by atoms with Crippen molar-refractivity contribution in [3.8, 4) is 11.4 Å². The number of nitrogens with two attached hydrogens (primary N) is 2. The van der Waals surface area contributed by atoms with Crippen LogP contribution in [0.2, 0.25) is 0 Å². The molecule has 2 heterocycles. The molecular formula is C12H13N7O. The molecule has 0 saturated heterocycles. The summed E-state index contributed by atoms with van der Waals surface area (Å²) in [4.78, 5) is 7.98. The van der Waals surface area contributed by atoms with Gasteiger partial charge >= 0.3 is 0 Å². The van der Waals surface area contributed by atoms with Crippen molar-refractivity contribution in [2.24, 2.45) is 0 Å². The van der Waals surface area contributed by atoms with Crippen LogP contribution in [0.1, 0.15) is 6.92 Å². The molecule has 0 spiro atoms. The summed E-state index contributed by atoms with van der Waals surface area (Å²) >= 11 is 0. The minimum atomic E-state index is 0.0875. The lowest BCUT2D eigenvalue weighted by molar-refractivity contribution is 0.340. The van der Waals surface area contributed by atoms with Crippen LogP contribution < -0.4 is 16.2 Å². The third-order valence-corrected chi connectivity index (χ3v) is 2.74. The molecule has 4 N–H and O–H groups in total. The van der Waals surface area contributed by atoms with Gasteiger partial charge in [0.1, 0.15) is 5.75 Å². The molecule has 0 unspecified atom stereocenters. The first-order valence-electron chi connectivity index (χ1n) is 6.06. The number of nitrogen functional groups attached to an aromatic ring is 2. The lowest BCUT2D eigenvalue weighted by atomic mass is 10.3. The standard InChI is InChI=1S/C12H13N7O/c1-2-20-8-5-3-7(4-6-8)19-11-9(17-18-19)10(13)15-12(14)16-11/h3-6H,2H2,1H3,(H4,13,14,15,16). The molecule has 1 aromatic carbocycles. The largest absolute Gasteiger partial charge is 0.494 e. The van der Waals surface area contributed by atoms with Gasteiger partial charge in [-0.2, -0.15) is 14.6 Å². The Hall–Kier alpha value is -2.90. The van der Waals surface area contributed by atoms with E-state index in [9.17, 15) is 0 Å². The number of aromatic nitrogens is 5. The van der Waals surface area contributed by atoms with Crippen molar-refractivity contribution in [2.75, 3.05) is 18.1 Å². The van der Waals surface area contributed by atoms with Gasteiger partial charge in [0.15, 0.2) is 17.0 Å². The fraction of sp³-hybridized carbons (Fsp3) is 0.167. The van der Waals surface area contributed by atoms with Crippen molar-refractivity contribution >= 4 is 22.9 Å². The van der Waals surface area contributed by atoms with Crippen molar-refractivity contribution in [1.29, 1.82) is 0 Å². The monoisotopic (exact) mass is 271 g/mol. The van der Waals surface area contributed by atoms with Crippen molar-refractivity contribution in [1.82, 2.24) is 25.0 Å². The molecule has 0 aliphatic carbocycles. The predicted molar refractivity (Wildman–Crippen MR) is 74.4 cm³/mol. The molecule has 20 heavy (non-hydrogen) atoms. The third-order valence-electron chi connectivity index (χ3n) is 2.74. The molecule has 0 bridgehead atoms. The zero-order valence-electron chi connectivity index (χ0n) is 10.8.